The van der Waals surface area contributed by atoms with Crippen molar-refractivity contribution in [1.29, 1.82) is 0 Å². The first-order valence-corrected chi connectivity index (χ1v) is 13.7. The zero-order valence-electron chi connectivity index (χ0n) is 23.9. The van der Waals surface area contributed by atoms with E-state index in [0.717, 1.165) is 44.5 Å². The Morgan fingerprint density at radius 3 is 0.850 bits per heavy atom. The van der Waals surface area contributed by atoms with Crippen molar-refractivity contribution in [2.45, 2.75) is 53.9 Å². The molecular formula is C34H40N2O4. The van der Waals surface area contributed by atoms with Crippen molar-refractivity contribution in [2.75, 3.05) is 13.1 Å². The number of rotatable bonds is 11. The van der Waals surface area contributed by atoms with Crippen molar-refractivity contribution in [1.82, 2.24) is 9.80 Å². The van der Waals surface area contributed by atoms with Gasteiger partial charge in [-0.25, -0.2) is 0 Å². The van der Waals surface area contributed by atoms with Gasteiger partial charge in [0, 0.05) is 61.5 Å². The molecule has 0 aliphatic carbocycles. The predicted octanol–water partition coefficient (Wildman–Crippen LogP) is 6.45. The van der Waals surface area contributed by atoms with Gasteiger partial charge in [0.15, 0.2) is 0 Å². The molecule has 0 saturated heterocycles. The van der Waals surface area contributed by atoms with E-state index in [9.17, 15) is 20.4 Å². The summed E-state index contributed by atoms with van der Waals surface area (Å²) in [5.74, 6) is 0.983. The third-order valence-corrected chi connectivity index (χ3v) is 7.25. The number of benzene rings is 4. The second-order valence-electron chi connectivity index (χ2n) is 10.9. The van der Waals surface area contributed by atoms with E-state index in [4.69, 9.17) is 0 Å². The minimum absolute atomic E-state index is 0.246. The fourth-order valence-corrected chi connectivity index (χ4v) is 5.04. The summed E-state index contributed by atoms with van der Waals surface area (Å²) in [6.45, 7) is 11.3. The molecule has 6 nitrogen and oxygen atoms in total. The summed E-state index contributed by atoms with van der Waals surface area (Å²) in [4.78, 5) is 4.42. The molecule has 0 aliphatic rings. The van der Waals surface area contributed by atoms with Crippen molar-refractivity contribution < 1.29 is 20.4 Å². The molecule has 0 unspecified atom stereocenters. The van der Waals surface area contributed by atoms with Crippen molar-refractivity contribution in [3.8, 4) is 23.0 Å². The van der Waals surface area contributed by atoms with E-state index in [2.05, 4.69) is 9.80 Å². The Kier molecular flexibility index (Phi) is 9.35. The van der Waals surface area contributed by atoms with Crippen molar-refractivity contribution in [3.63, 3.8) is 0 Å². The fraction of sp³-hybridized carbons (Fsp3) is 0.294. The highest BCUT2D eigenvalue weighted by atomic mass is 16.3. The number of aromatic hydroxyl groups is 4. The van der Waals surface area contributed by atoms with Gasteiger partial charge in [0.25, 0.3) is 0 Å². The summed E-state index contributed by atoms with van der Waals surface area (Å²) in [5, 5.41) is 42.3. The van der Waals surface area contributed by atoms with Crippen LogP contribution >= 0.6 is 0 Å². The summed E-state index contributed by atoms with van der Waals surface area (Å²) in [5.41, 5.74) is 7.57. The lowest BCUT2D eigenvalue weighted by Crippen LogP contribution is -2.34. The van der Waals surface area contributed by atoms with Gasteiger partial charge in [-0.05, 0) is 52.0 Å². The summed E-state index contributed by atoms with van der Waals surface area (Å²) in [6, 6.07) is 22.4. The van der Waals surface area contributed by atoms with Gasteiger partial charge < -0.3 is 20.4 Å². The topological polar surface area (TPSA) is 87.4 Å². The Hall–Kier alpha value is -4.00. The van der Waals surface area contributed by atoms with Gasteiger partial charge in [0.05, 0.1) is 0 Å². The van der Waals surface area contributed by atoms with Crippen LogP contribution in [0.5, 0.6) is 23.0 Å². The molecule has 4 rings (SSSR count). The summed E-state index contributed by atoms with van der Waals surface area (Å²) in [7, 11) is 0. The third kappa shape index (κ3) is 7.78. The lowest BCUT2D eigenvalue weighted by molar-refractivity contribution is 0.178. The first-order chi connectivity index (χ1) is 19.1. The molecule has 4 aromatic rings. The SMILES string of the molecule is Cc1ccc(O)c(CN(CCN(Cc2cc(C)ccc2O)Cc2cc(C)ccc2O)Cc2cc(C)ccc2O)c1. The first kappa shape index (κ1) is 29.0. The number of aryl methyl sites for hydroxylation is 4. The van der Waals surface area contributed by atoms with E-state index in [-0.39, 0.29) is 23.0 Å². The molecule has 0 amide bonds. The molecule has 0 aromatic heterocycles. The average Bonchev–Trinajstić information content (AvgIpc) is 2.90. The molecule has 0 spiro atoms. The Labute approximate surface area is 237 Å². The lowest BCUT2D eigenvalue weighted by Gasteiger charge is -2.29. The molecule has 0 aliphatic heterocycles. The maximum Gasteiger partial charge on any atom is 0.120 e. The third-order valence-electron chi connectivity index (χ3n) is 7.25. The standard InChI is InChI=1S/C34H40N2O4/c1-23-5-9-31(37)27(15-23)19-35(20-28-16-24(2)6-10-32(28)38)13-14-36(21-29-17-25(3)7-11-33(29)39)22-30-18-26(4)8-12-34(30)40/h5-12,15-18,37-40H,13-14,19-22H2,1-4H3. The van der Waals surface area contributed by atoms with Gasteiger partial charge in [-0.1, -0.05) is 70.8 Å². The molecule has 0 atom stereocenters. The maximum atomic E-state index is 10.6. The zero-order valence-corrected chi connectivity index (χ0v) is 23.9. The zero-order chi connectivity index (χ0) is 28.8. The van der Waals surface area contributed by atoms with Gasteiger partial charge in [-0.2, -0.15) is 0 Å². The van der Waals surface area contributed by atoms with Gasteiger partial charge >= 0.3 is 0 Å². The van der Waals surface area contributed by atoms with Gasteiger partial charge in [-0.15, -0.1) is 0 Å². The Balaban J connectivity index is 1.62. The fourth-order valence-electron chi connectivity index (χ4n) is 5.04. The molecule has 210 valence electrons. The number of hydrogen-bond acceptors (Lipinski definition) is 6. The van der Waals surface area contributed by atoms with Crippen molar-refractivity contribution in [3.05, 3.63) is 117 Å². The van der Waals surface area contributed by atoms with Crippen LogP contribution in [0.15, 0.2) is 72.8 Å². The van der Waals surface area contributed by atoms with E-state index < -0.39 is 0 Å². The van der Waals surface area contributed by atoms with Crippen LogP contribution in [0, 0.1) is 27.7 Å². The quantitative estimate of drug-likeness (QED) is 0.175. The lowest BCUT2D eigenvalue weighted by atomic mass is 10.1. The van der Waals surface area contributed by atoms with Gasteiger partial charge in [0.1, 0.15) is 23.0 Å². The molecule has 0 radical (unpaired) electrons. The smallest absolute Gasteiger partial charge is 0.120 e. The number of nitrogens with zero attached hydrogens (tertiary/aromatic N) is 2. The molecular weight excluding hydrogens is 500 g/mol. The minimum atomic E-state index is 0.246. The Bertz CT molecular complexity index is 1250. The van der Waals surface area contributed by atoms with Gasteiger partial charge in [0.2, 0.25) is 0 Å². The maximum absolute atomic E-state index is 10.6. The highest BCUT2D eigenvalue weighted by Crippen LogP contribution is 2.27. The molecule has 0 saturated carbocycles. The molecule has 0 fully saturated rings. The van der Waals surface area contributed by atoms with E-state index in [0.29, 0.717) is 39.3 Å². The largest absolute Gasteiger partial charge is 0.508 e. The van der Waals surface area contributed by atoms with Crippen LogP contribution in [0.4, 0.5) is 0 Å². The molecule has 4 aromatic carbocycles. The van der Waals surface area contributed by atoms with Crippen LogP contribution in [0.3, 0.4) is 0 Å². The second kappa shape index (κ2) is 12.9. The molecule has 0 heterocycles. The van der Waals surface area contributed by atoms with Crippen LogP contribution in [-0.2, 0) is 26.2 Å². The number of phenolic OH excluding ortho intramolecular Hbond substituents is 4. The van der Waals surface area contributed by atoms with E-state index >= 15 is 0 Å². The predicted molar refractivity (Wildman–Crippen MR) is 160 cm³/mol. The Morgan fingerprint density at radius 2 is 0.625 bits per heavy atom. The van der Waals surface area contributed by atoms with Crippen molar-refractivity contribution >= 4 is 0 Å². The van der Waals surface area contributed by atoms with Crippen LogP contribution < -0.4 is 0 Å². The van der Waals surface area contributed by atoms with E-state index in [1.54, 1.807) is 24.3 Å². The number of phenols is 4. The van der Waals surface area contributed by atoms with Crippen LogP contribution in [0.25, 0.3) is 0 Å². The van der Waals surface area contributed by atoms with Crippen LogP contribution in [0.1, 0.15) is 44.5 Å². The average molecular weight is 541 g/mol. The van der Waals surface area contributed by atoms with E-state index in [1.165, 1.54) is 0 Å². The summed E-state index contributed by atoms with van der Waals surface area (Å²) >= 11 is 0. The highest BCUT2D eigenvalue weighted by molar-refractivity contribution is 5.39. The second-order valence-corrected chi connectivity index (χ2v) is 10.9. The highest BCUT2D eigenvalue weighted by Gasteiger charge is 2.17. The Morgan fingerprint density at radius 1 is 0.400 bits per heavy atom. The van der Waals surface area contributed by atoms with Crippen molar-refractivity contribution in [2.24, 2.45) is 0 Å². The summed E-state index contributed by atoms with van der Waals surface area (Å²) in [6.07, 6.45) is 0. The van der Waals surface area contributed by atoms with E-state index in [1.807, 2.05) is 76.2 Å². The van der Waals surface area contributed by atoms with Gasteiger partial charge in [-0.3, -0.25) is 9.80 Å². The van der Waals surface area contributed by atoms with Crippen LogP contribution in [-0.4, -0.2) is 43.3 Å². The molecule has 40 heavy (non-hydrogen) atoms. The monoisotopic (exact) mass is 540 g/mol. The molecule has 6 heteroatoms. The van der Waals surface area contributed by atoms with Crippen LogP contribution in [0.2, 0.25) is 0 Å². The minimum Gasteiger partial charge on any atom is -0.508 e. The first-order valence-electron chi connectivity index (χ1n) is 13.7. The normalized spacial score (nSPS) is 11.4. The molecule has 0 bridgehead atoms. The summed E-state index contributed by atoms with van der Waals surface area (Å²) < 4.78 is 0. The number of hydrogen-bond donors (Lipinski definition) is 4. The molecule has 4 N–H and O–H groups in total.